The molecule has 1 aliphatic rings. The van der Waals surface area contributed by atoms with E-state index in [9.17, 15) is 9.59 Å². The molecule has 15 heavy (non-hydrogen) atoms. The molecular weight excluding hydrogens is 214 g/mol. The Morgan fingerprint density at radius 1 is 1.60 bits per heavy atom. The summed E-state index contributed by atoms with van der Waals surface area (Å²) in [4.78, 5) is 23.9. The van der Waals surface area contributed by atoms with E-state index in [-0.39, 0.29) is 18.4 Å². The summed E-state index contributed by atoms with van der Waals surface area (Å²) in [5, 5.41) is 8.73. The predicted octanol–water partition coefficient (Wildman–Crippen LogP) is 0.981. The number of carboxylic acid groups (broad SMARTS) is 1. The van der Waals surface area contributed by atoms with Crippen molar-refractivity contribution in [2.75, 3.05) is 18.1 Å². The van der Waals surface area contributed by atoms with Gasteiger partial charge in [0.25, 0.3) is 0 Å². The van der Waals surface area contributed by atoms with Gasteiger partial charge in [0.15, 0.2) is 0 Å². The van der Waals surface area contributed by atoms with E-state index >= 15 is 0 Å². The number of nitrogens with zero attached hydrogens (tertiary/aromatic N) is 1. The van der Waals surface area contributed by atoms with Crippen LogP contribution in [0.2, 0.25) is 0 Å². The Balaban J connectivity index is 2.64. The zero-order valence-corrected chi connectivity index (χ0v) is 9.50. The topological polar surface area (TPSA) is 57.6 Å². The van der Waals surface area contributed by atoms with Gasteiger partial charge in [-0.1, -0.05) is 6.08 Å². The molecule has 0 radical (unpaired) electrons. The van der Waals surface area contributed by atoms with Crippen LogP contribution in [0, 0.1) is 0 Å². The molecule has 1 saturated heterocycles. The molecule has 1 fully saturated rings. The van der Waals surface area contributed by atoms with E-state index < -0.39 is 5.97 Å². The first-order valence-electron chi connectivity index (χ1n) is 4.88. The van der Waals surface area contributed by atoms with E-state index in [0.29, 0.717) is 6.54 Å². The van der Waals surface area contributed by atoms with E-state index in [2.05, 4.69) is 0 Å². The Morgan fingerprint density at radius 2 is 2.33 bits per heavy atom. The van der Waals surface area contributed by atoms with Gasteiger partial charge >= 0.3 is 5.97 Å². The van der Waals surface area contributed by atoms with Crippen molar-refractivity contribution < 1.29 is 14.7 Å². The number of carbonyl (C=O) groups is 2. The highest BCUT2D eigenvalue weighted by Gasteiger charge is 2.27. The van der Waals surface area contributed by atoms with E-state index in [4.69, 9.17) is 5.11 Å². The fourth-order valence-electron chi connectivity index (χ4n) is 1.55. The molecule has 0 spiro atoms. The smallest absolute Gasteiger partial charge is 0.305 e. The van der Waals surface area contributed by atoms with Gasteiger partial charge in [0.05, 0.1) is 12.5 Å². The lowest BCUT2D eigenvalue weighted by atomic mass is 10.2. The first-order chi connectivity index (χ1) is 7.15. The lowest BCUT2D eigenvalue weighted by Crippen LogP contribution is -2.46. The predicted molar refractivity (Wildman–Crippen MR) is 59.9 cm³/mol. The van der Waals surface area contributed by atoms with Crippen molar-refractivity contribution in [3.05, 3.63) is 12.2 Å². The molecule has 1 aliphatic heterocycles. The van der Waals surface area contributed by atoms with E-state index in [1.807, 2.05) is 0 Å². The summed E-state index contributed by atoms with van der Waals surface area (Å²) in [6.45, 7) is 2.43. The molecule has 1 N–H and O–H groups in total. The van der Waals surface area contributed by atoms with E-state index in [1.54, 1.807) is 29.7 Å². The molecule has 0 aliphatic carbocycles. The number of thioether (sulfide) groups is 1. The summed E-state index contributed by atoms with van der Waals surface area (Å²) in [5.41, 5.74) is 0. The third kappa shape index (κ3) is 3.58. The van der Waals surface area contributed by atoms with Crippen molar-refractivity contribution >= 4 is 23.6 Å². The molecule has 1 rings (SSSR count). The third-order valence-electron chi connectivity index (χ3n) is 2.23. The highest BCUT2D eigenvalue weighted by Crippen LogP contribution is 2.19. The van der Waals surface area contributed by atoms with Gasteiger partial charge in [-0.3, -0.25) is 9.59 Å². The third-order valence-corrected chi connectivity index (χ3v) is 3.32. The number of hydrogen-bond acceptors (Lipinski definition) is 3. The molecule has 84 valence electrons. The minimum Gasteiger partial charge on any atom is -0.481 e. The van der Waals surface area contributed by atoms with Crippen LogP contribution >= 0.6 is 11.8 Å². The van der Waals surface area contributed by atoms with Crippen molar-refractivity contribution in [3.63, 3.8) is 0 Å². The Labute approximate surface area is 93.3 Å². The number of amides is 1. The van der Waals surface area contributed by atoms with Crippen LogP contribution < -0.4 is 0 Å². The molecule has 0 aromatic carbocycles. The monoisotopic (exact) mass is 229 g/mol. The average molecular weight is 229 g/mol. The maximum Gasteiger partial charge on any atom is 0.305 e. The number of carboxylic acids is 1. The SMILES string of the molecule is CC=CC(=O)N1CCSCC1CC(=O)O. The fourth-order valence-corrected chi connectivity index (χ4v) is 2.62. The van der Waals surface area contributed by atoms with Crippen LogP contribution in [-0.2, 0) is 9.59 Å². The maximum atomic E-state index is 11.6. The van der Waals surface area contributed by atoms with Gasteiger partial charge in [0, 0.05) is 18.1 Å². The van der Waals surface area contributed by atoms with Crippen molar-refractivity contribution in [2.24, 2.45) is 0 Å². The summed E-state index contributed by atoms with van der Waals surface area (Å²) >= 11 is 1.70. The van der Waals surface area contributed by atoms with E-state index in [1.165, 1.54) is 6.08 Å². The molecule has 0 saturated carbocycles. The van der Waals surface area contributed by atoms with Gasteiger partial charge < -0.3 is 10.0 Å². The molecule has 1 unspecified atom stereocenters. The minimum absolute atomic E-state index is 0.0380. The van der Waals surface area contributed by atoms with Gasteiger partial charge in [-0.15, -0.1) is 0 Å². The second kappa shape index (κ2) is 5.80. The minimum atomic E-state index is -0.847. The van der Waals surface area contributed by atoms with Crippen LogP contribution in [0.4, 0.5) is 0 Å². The van der Waals surface area contributed by atoms with Crippen LogP contribution in [0.3, 0.4) is 0 Å². The largest absolute Gasteiger partial charge is 0.481 e. The molecule has 5 heteroatoms. The van der Waals surface area contributed by atoms with Crippen molar-refractivity contribution in [1.82, 2.24) is 4.90 Å². The molecule has 0 bridgehead atoms. The van der Waals surface area contributed by atoms with Crippen LogP contribution in [0.15, 0.2) is 12.2 Å². The Morgan fingerprint density at radius 3 is 2.93 bits per heavy atom. The number of allylic oxidation sites excluding steroid dienone is 1. The van der Waals surface area contributed by atoms with Crippen LogP contribution in [0.25, 0.3) is 0 Å². The lowest BCUT2D eigenvalue weighted by molar-refractivity contribution is -0.139. The van der Waals surface area contributed by atoms with Gasteiger partial charge in [-0.05, 0) is 13.0 Å². The average Bonchev–Trinajstić information content (AvgIpc) is 2.18. The van der Waals surface area contributed by atoms with Gasteiger partial charge in [0.2, 0.25) is 5.91 Å². The first kappa shape index (κ1) is 12.1. The molecule has 0 aromatic heterocycles. The highest BCUT2D eigenvalue weighted by molar-refractivity contribution is 7.99. The quantitative estimate of drug-likeness (QED) is 0.733. The number of aliphatic carboxylic acids is 1. The summed E-state index contributed by atoms with van der Waals surface area (Å²) in [7, 11) is 0. The normalized spacial score (nSPS) is 21.9. The van der Waals surface area contributed by atoms with Crippen LogP contribution in [0.1, 0.15) is 13.3 Å². The zero-order chi connectivity index (χ0) is 11.3. The molecule has 0 aromatic rings. The standard InChI is InChI=1S/C10H15NO3S/c1-2-3-9(12)11-4-5-15-7-8(11)6-10(13)14/h2-3,8H,4-7H2,1H3,(H,13,14). The van der Waals surface area contributed by atoms with Crippen molar-refractivity contribution in [3.8, 4) is 0 Å². The first-order valence-corrected chi connectivity index (χ1v) is 6.03. The Bertz CT molecular complexity index is 278. The van der Waals surface area contributed by atoms with Gasteiger partial charge in [-0.25, -0.2) is 0 Å². The highest BCUT2D eigenvalue weighted by atomic mass is 32.2. The molecule has 1 amide bonds. The van der Waals surface area contributed by atoms with Crippen LogP contribution in [0.5, 0.6) is 0 Å². The zero-order valence-electron chi connectivity index (χ0n) is 8.68. The second-order valence-corrected chi connectivity index (χ2v) is 4.51. The van der Waals surface area contributed by atoms with Gasteiger partial charge in [-0.2, -0.15) is 11.8 Å². The second-order valence-electron chi connectivity index (χ2n) is 3.36. The summed E-state index contributed by atoms with van der Waals surface area (Å²) in [6, 6.07) is -0.162. The summed E-state index contributed by atoms with van der Waals surface area (Å²) < 4.78 is 0. The summed E-state index contributed by atoms with van der Waals surface area (Å²) in [5.74, 6) is 0.680. The van der Waals surface area contributed by atoms with Crippen LogP contribution in [-0.4, -0.2) is 46.0 Å². The molecule has 4 nitrogen and oxygen atoms in total. The fraction of sp³-hybridized carbons (Fsp3) is 0.600. The molecular formula is C10H15NO3S. The van der Waals surface area contributed by atoms with Gasteiger partial charge in [0.1, 0.15) is 0 Å². The summed E-state index contributed by atoms with van der Waals surface area (Å²) in [6.07, 6.45) is 3.21. The number of hydrogen-bond donors (Lipinski definition) is 1. The molecule has 1 heterocycles. The molecule has 1 atom stereocenters. The number of carbonyl (C=O) groups excluding carboxylic acids is 1. The lowest BCUT2D eigenvalue weighted by Gasteiger charge is -2.33. The van der Waals surface area contributed by atoms with Crippen molar-refractivity contribution in [1.29, 1.82) is 0 Å². The number of rotatable bonds is 3. The van der Waals surface area contributed by atoms with E-state index in [0.717, 1.165) is 11.5 Å². The maximum absolute atomic E-state index is 11.6. The Kier molecular flexibility index (Phi) is 4.68. The van der Waals surface area contributed by atoms with Crippen molar-refractivity contribution in [2.45, 2.75) is 19.4 Å². The Hall–Kier alpha value is -0.970.